The van der Waals surface area contributed by atoms with Gasteiger partial charge >= 0.3 is 0 Å². The fraction of sp³-hybridized carbons (Fsp3) is 0.647. The van der Waals surface area contributed by atoms with Gasteiger partial charge in [-0.25, -0.2) is 0 Å². The standard InChI is InChI=1S/C17H26N2O/c1-2-20-16-7-9-19(10-8-16)13-15-12-18-11-14-5-3-4-6-17(14)15/h3-6,15-16,18H,2,7-13H2,1H3. The van der Waals surface area contributed by atoms with Crippen LogP contribution < -0.4 is 5.32 Å². The molecule has 20 heavy (non-hydrogen) atoms. The highest BCUT2D eigenvalue weighted by Gasteiger charge is 2.25. The summed E-state index contributed by atoms with van der Waals surface area (Å²) >= 11 is 0. The molecule has 1 fully saturated rings. The first-order valence-electron chi connectivity index (χ1n) is 7.99. The fourth-order valence-corrected chi connectivity index (χ4v) is 3.55. The summed E-state index contributed by atoms with van der Waals surface area (Å²) < 4.78 is 5.74. The van der Waals surface area contributed by atoms with E-state index in [-0.39, 0.29) is 0 Å². The maximum atomic E-state index is 5.74. The average molecular weight is 274 g/mol. The van der Waals surface area contributed by atoms with Gasteiger partial charge in [-0.05, 0) is 30.9 Å². The molecule has 0 aliphatic carbocycles. The van der Waals surface area contributed by atoms with Gasteiger partial charge in [-0.2, -0.15) is 0 Å². The van der Waals surface area contributed by atoms with Crippen molar-refractivity contribution in [3.05, 3.63) is 35.4 Å². The number of nitrogens with one attached hydrogen (secondary N) is 1. The first-order valence-corrected chi connectivity index (χ1v) is 7.99. The van der Waals surface area contributed by atoms with E-state index in [0.717, 1.165) is 19.7 Å². The summed E-state index contributed by atoms with van der Waals surface area (Å²) in [5.74, 6) is 0.642. The first kappa shape index (κ1) is 14.1. The predicted molar refractivity (Wildman–Crippen MR) is 82.0 cm³/mol. The van der Waals surface area contributed by atoms with E-state index < -0.39 is 0 Å². The van der Waals surface area contributed by atoms with Crippen molar-refractivity contribution >= 4 is 0 Å². The van der Waals surface area contributed by atoms with Gasteiger partial charge in [-0.15, -0.1) is 0 Å². The molecular weight excluding hydrogens is 248 g/mol. The third-order valence-electron chi connectivity index (χ3n) is 4.62. The van der Waals surface area contributed by atoms with Crippen molar-refractivity contribution in [1.29, 1.82) is 0 Å². The number of rotatable bonds is 4. The van der Waals surface area contributed by atoms with Gasteiger partial charge in [0.05, 0.1) is 6.10 Å². The summed E-state index contributed by atoms with van der Waals surface area (Å²) in [5, 5.41) is 3.56. The van der Waals surface area contributed by atoms with Crippen molar-refractivity contribution in [2.75, 3.05) is 32.8 Å². The van der Waals surface area contributed by atoms with Gasteiger partial charge < -0.3 is 15.0 Å². The lowest BCUT2D eigenvalue weighted by Crippen LogP contribution is -2.42. The molecular formula is C17H26N2O. The number of ether oxygens (including phenoxy) is 1. The van der Waals surface area contributed by atoms with Crippen molar-refractivity contribution in [1.82, 2.24) is 10.2 Å². The van der Waals surface area contributed by atoms with Crippen LogP contribution in [0.2, 0.25) is 0 Å². The number of nitrogens with zero attached hydrogens (tertiary/aromatic N) is 1. The Hall–Kier alpha value is -0.900. The second kappa shape index (κ2) is 6.70. The Morgan fingerprint density at radius 2 is 2.05 bits per heavy atom. The van der Waals surface area contributed by atoms with E-state index in [1.165, 1.54) is 38.0 Å². The Balaban J connectivity index is 1.57. The normalized spacial score (nSPS) is 24.6. The molecule has 1 unspecified atom stereocenters. The van der Waals surface area contributed by atoms with Gasteiger partial charge in [0.1, 0.15) is 0 Å². The average Bonchev–Trinajstić information content (AvgIpc) is 2.50. The van der Waals surface area contributed by atoms with E-state index in [9.17, 15) is 0 Å². The summed E-state index contributed by atoms with van der Waals surface area (Å²) in [5.41, 5.74) is 3.03. The molecule has 0 spiro atoms. The monoisotopic (exact) mass is 274 g/mol. The molecule has 0 aromatic heterocycles. The Morgan fingerprint density at radius 3 is 2.85 bits per heavy atom. The van der Waals surface area contributed by atoms with Crippen molar-refractivity contribution in [2.45, 2.75) is 38.3 Å². The van der Waals surface area contributed by atoms with E-state index in [4.69, 9.17) is 4.74 Å². The van der Waals surface area contributed by atoms with E-state index in [1.807, 2.05) is 0 Å². The summed E-state index contributed by atoms with van der Waals surface area (Å²) in [6.45, 7) is 8.64. The third kappa shape index (κ3) is 3.22. The van der Waals surface area contributed by atoms with E-state index in [2.05, 4.69) is 41.4 Å². The van der Waals surface area contributed by atoms with Crippen LogP contribution >= 0.6 is 0 Å². The summed E-state index contributed by atoms with van der Waals surface area (Å²) in [7, 11) is 0. The molecule has 0 amide bonds. The van der Waals surface area contributed by atoms with Crippen molar-refractivity contribution in [3.8, 4) is 0 Å². The lowest BCUT2D eigenvalue weighted by atomic mass is 9.90. The summed E-state index contributed by atoms with van der Waals surface area (Å²) in [6, 6.07) is 8.90. The second-order valence-electron chi connectivity index (χ2n) is 5.98. The molecule has 0 radical (unpaired) electrons. The molecule has 0 saturated carbocycles. The zero-order valence-electron chi connectivity index (χ0n) is 12.5. The lowest BCUT2D eigenvalue weighted by molar-refractivity contribution is 0.0129. The quantitative estimate of drug-likeness (QED) is 0.912. The lowest BCUT2D eigenvalue weighted by Gasteiger charge is -2.36. The minimum atomic E-state index is 0.494. The van der Waals surface area contributed by atoms with Gasteiger partial charge in [0, 0.05) is 45.2 Å². The number of likely N-dealkylation sites (tertiary alicyclic amines) is 1. The summed E-state index contributed by atoms with van der Waals surface area (Å²) in [4.78, 5) is 2.62. The Labute approximate surface area is 122 Å². The van der Waals surface area contributed by atoms with Crippen LogP contribution in [0, 0.1) is 0 Å². The van der Waals surface area contributed by atoms with Gasteiger partial charge in [0.25, 0.3) is 0 Å². The predicted octanol–water partition coefficient (Wildman–Crippen LogP) is 2.37. The van der Waals surface area contributed by atoms with Crippen LogP contribution in [-0.4, -0.2) is 43.8 Å². The SMILES string of the molecule is CCOC1CCN(CC2CNCc3ccccc32)CC1. The molecule has 1 saturated heterocycles. The molecule has 1 atom stereocenters. The highest BCUT2D eigenvalue weighted by Crippen LogP contribution is 2.26. The molecule has 3 nitrogen and oxygen atoms in total. The Bertz CT molecular complexity index is 427. The van der Waals surface area contributed by atoms with Crippen LogP contribution in [0.25, 0.3) is 0 Å². The first-order chi connectivity index (χ1) is 9.86. The maximum absolute atomic E-state index is 5.74. The largest absolute Gasteiger partial charge is 0.378 e. The molecule has 3 rings (SSSR count). The van der Waals surface area contributed by atoms with Crippen molar-refractivity contribution < 1.29 is 4.74 Å². The molecule has 0 bridgehead atoms. The molecule has 1 aromatic rings. The number of fused-ring (bicyclic) bond motifs is 1. The number of benzene rings is 1. The fourth-order valence-electron chi connectivity index (χ4n) is 3.55. The zero-order valence-corrected chi connectivity index (χ0v) is 12.5. The third-order valence-corrected chi connectivity index (χ3v) is 4.62. The summed E-state index contributed by atoms with van der Waals surface area (Å²) in [6.07, 6.45) is 2.87. The van der Waals surface area contributed by atoms with Crippen LogP contribution in [0.3, 0.4) is 0 Å². The second-order valence-corrected chi connectivity index (χ2v) is 5.98. The minimum Gasteiger partial charge on any atom is -0.378 e. The minimum absolute atomic E-state index is 0.494. The molecule has 1 N–H and O–H groups in total. The highest BCUT2D eigenvalue weighted by atomic mass is 16.5. The molecule has 1 aromatic carbocycles. The van der Waals surface area contributed by atoms with E-state index >= 15 is 0 Å². The number of hydrogen-bond acceptors (Lipinski definition) is 3. The molecule has 2 heterocycles. The number of piperidine rings is 1. The van der Waals surface area contributed by atoms with Crippen molar-refractivity contribution in [2.24, 2.45) is 0 Å². The molecule has 2 aliphatic rings. The topological polar surface area (TPSA) is 24.5 Å². The maximum Gasteiger partial charge on any atom is 0.0599 e. The van der Waals surface area contributed by atoms with Crippen LogP contribution in [0.5, 0.6) is 0 Å². The molecule has 110 valence electrons. The molecule has 2 aliphatic heterocycles. The van der Waals surface area contributed by atoms with Crippen LogP contribution in [0.15, 0.2) is 24.3 Å². The van der Waals surface area contributed by atoms with Crippen LogP contribution in [0.4, 0.5) is 0 Å². The smallest absolute Gasteiger partial charge is 0.0599 e. The van der Waals surface area contributed by atoms with E-state index in [1.54, 1.807) is 5.56 Å². The van der Waals surface area contributed by atoms with Gasteiger partial charge in [-0.1, -0.05) is 24.3 Å². The highest BCUT2D eigenvalue weighted by molar-refractivity contribution is 5.32. The Kier molecular flexibility index (Phi) is 4.71. The van der Waals surface area contributed by atoms with Gasteiger partial charge in [0.2, 0.25) is 0 Å². The zero-order chi connectivity index (χ0) is 13.8. The van der Waals surface area contributed by atoms with Crippen LogP contribution in [-0.2, 0) is 11.3 Å². The molecule has 3 heteroatoms. The van der Waals surface area contributed by atoms with Crippen molar-refractivity contribution in [3.63, 3.8) is 0 Å². The number of hydrogen-bond donors (Lipinski definition) is 1. The van der Waals surface area contributed by atoms with E-state index in [0.29, 0.717) is 12.0 Å². The Morgan fingerprint density at radius 1 is 1.25 bits per heavy atom. The van der Waals surface area contributed by atoms with Gasteiger partial charge in [-0.3, -0.25) is 0 Å². The van der Waals surface area contributed by atoms with Gasteiger partial charge in [0.15, 0.2) is 0 Å². The van der Waals surface area contributed by atoms with Crippen LogP contribution in [0.1, 0.15) is 36.8 Å².